The molecular formula is C22H29N5O3. The number of carbonyl (C=O) groups excluding carboxylic acids is 1. The number of carbonyl (C=O) groups is 1. The van der Waals surface area contributed by atoms with Crippen molar-refractivity contribution < 1.29 is 9.53 Å². The van der Waals surface area contributed by atoms with Crippen LogP contribution in [-0.2, 0) is 17.8 Å². The number of likely N-dealkylation sites (N-methyl/N-ethyl adjacent to an activating group) is 1. The second-order valence-corrected chi connectivity index (χ2v) is 7.04. The fourth-order valence-corrected chi connectivity index (χ4v) is 3.36. The number of aromatic nitrogens is 3. The van der Waals surface area contributed by atoms with Crippen molar-refractivity contribution >= 4 is 22.5 Å². The number of benzene rings is 1. The highest BCUT2D eigenvalue weighted by Crippen LogP contribution is 2.21. The van der Waals surface area contributed by atoms with Crippen molar-refractivity contribution in [2.45, 2.75) is 26.9 Å². The van der Waals surface area contributed by atoms with Crippen LogP contribution in [0.25, 0.3) is 10.9 Å². The molecule has 2 aromatic heterocycles. The number of hydrogen-bond acceptors (Lipinski definition) is 5. The minimum absolute atomic E-state index is 0.183. The Labute approximate surface area is 176 Å². The first kappa shape index (κ1) is 21.7. The molecule has 0 atom stereocenters. The summed E-state index contributed by atoms with van der Waals surface area (Å²) in [5.74, 6) is -0.360. The Balaban J connectivity index is 1.72. The maximum absolute atomic E-state index is 12.6. The molecule has 3 aromatic rings. The number of nitrogens with zero attached hydrogens (tertiary/aromatic N) is 4. The molecule has 0 unspecified atom stereocenters. The summed E-state index contributed by atoms with van der Waals surface area (Å²) < 4.78 is 8.44. The highest BCUT2D eigenvalue weighted by atomic mass is 16.5. The molecule has 8 nitrogen and oxygen atoms in total. The summed E-state index contributed by atoms with van der Waals surface area (Å²) in [6, 6.07) is 10.7. The monoisotopic (exact) mass is 411 g/mol. The lowest BCUT2D eigenvalue weighted by Gasteiger charge is -2.18. The third kappa shape index (κ3) is 5.14. The predicted octanol–water partition coefficient (Wildman–Crippen LogP) is 2.44. The van der Waals surface area contributed by atoms with E-state index in [9.17, 15) is 9.59 Å². The average molecular weight is 412 g/mol. The van der Waals surface area contributed by atoms with Gasteiger partial charge in [0, 0.05) is 49.1 Å². The summed E-state index contributed by atoms with van der Waals surface area (Å²) in [6.07, 6.45) is 2.08. The van der Waals surface area contributed by atoms with Crippen molar-refractivity contribution in [3.8, 4) is 0 Å². The average Bonchev–Trinajstić information content (AvgIpc) is 3.16. The van der Waals surface area contributed by atoms with E-state index in [-0.39, 0.29) is 17.2 Å². The first-order valence-electron chi connectivity index (χ1n) is 10.3. The molecule has 1 aromatic carbocycles. The summed E-state index contributed by atoms with van der Waals surface area (Å²) in [6.45, 7) is 8.99. The molecule has 0 saturated heterocycles. The summed E-state index contributed by atoms with van der Waals surface area (Å²) >= 11 is 0. The molecule has 0 aliphatic heterocycles. The van der Waals surface area contributed by atoms with Crippen LogP contribution in [0, 0.1) is 0 Å². The molecule has 0 aliphatic rings. The van der Waals surface area contributed by atoms with Gasteiger partial charge >= 0.3 is 0 Å². The molecule has 8 heteroatoms. The lowest BCUT2D eigenvalue weighted by Crippen LogP contribution is -2.27. The molecule has 1 amide bonds. The maximum Gasteiger partial charge on any atom is 0.276 e. The molecule has 0 spiro atoms. The van der Waals surface area contributed by atoms with E-state index in [0.29, 0.717) is 18.8 Å². The standard InChI is InChI=1S/C22H29N5O3/c1-4-25(5-2)12-13-26-11-10-17-16-18(6-8-20(17)26)23-22(29)19-7-9-21(28)27(24-19)14-15-30-3/h6-11,16H,4-5,12-15H2,1-3H3,(H,23,29). The highest BCUT2D eigenvalue weighted by Gasteiger charge is 2.11. The van der Waals surface area contributed by atoms with Gasteiger partial charge in [-0.25, -0.2) is 4.68 Å². The van der Waals surface area contributed by atoms with Crippen molar-refractivity contribution in [1.29, 1.82) is 0 Å². The van der Waals surface area contributed by atoms with Gasteiger partial charge in [-0.3, -0.25) is 9.59 Å². The first-order valence-corrected chi connectivity index (χ1v) is 10.3. The topological polar surface area (TPSA) is 81.4 Å². The molecule has 1 N–H and O–H groups in total. The summed E-state index contributed by atoms with van der Waals surface area (Å²) in [5.41, 5.74) is 1.73. The quantitative estimate of drug-likeness (QED) is 0.554. The van der Waals surface area contributed by atoms with Crippen LogP contribution in [-0.4, -0.2) is 58.5 Å². The zero-order valence-electron chi connectivity index (χ0n) is 17.8. The zero-order valence-corrected chi connectivity index (χ0v) is 17.8. The number of hydrogen-bond donors (Lipinski definition) is 1. The van der Waals surface area contributed by atoms with E-state index in [1.54, 1.807) is 7.11 Å². The molecule has 0 saturated carbocycles. The van der Waals surface area contributed by atoms with Gasteiger partial charge in [-0.15, -0.1) is 0 Å². The lowest BCUT2D eigenvalue weighted by molar-refractivity contribution is 0.101. The van der Waals surface area contributed by atoms with Crippen LogP contribution in [0.2, 0.25) is 0 Å². The fraction of sp³-hybridized carbons (Fsp3) is 0.409. The minimum atomic E-state index is -0.360. The Hall–Kier alpha value is -2.97. The van der Waals surface area contributed by atoms with Crippen LogP contribution in [0.3, 0.4) is 0 Å². The number of fused-ring (bicyclic) bond motifs is 1. The van der Waals surface area contributed by atoms with Gasteiger partial charge < -0.3 is 19.5 Å². The first-order chi connectivity index (χ1) is 14.5. The van der Waals surface area contributed by atoms with Crippen LogP contribution in [0.5, 0.6) is 0 Å². The number of rotatable bonds is 10. The molecule has 3 rings (SSSR count). The highest BCUT2D eigenvalue weighted by molar-refractivity contribution is 6.03. The summed E-state index contributed by atoms with van der Waals surface area (Å²) in [7, 11) is 1.55. The van der Waals surface area contributed by atoms with E-state index in [1.807, 2.05) is 18.2 Å². The van der Waals surface area contributed by atoms with E-state index in [4.69, 9.17) is 4.74 Å². The number of ether oxygens (including phenoxy) is 1. The van der Waals surface area contributed by atoms with Crippen molar-refractivity contribution in [2.24, 2.45) is 0 Å². The Morgan fingerprint density at radius 1 is 1.13 bits per heavy atom. The molecule has 0 fully saturated rings. The summed E-state index contributed by atoms with van der Waals surface area (Å²) in [4.78, 5) is 26.8. The van der Waals surface area contributed by atoms with Gasteiger partial charge in [-0.2, -0.15) is 5.10 Å². The molecule has 0 aliphatic carbocycles. The number of anilines is 1. The van der Waals surface area contributed by atoms with Crippen LogP contribution in [0.15, 0.2) is 47.4 Å². The maximum atomic E-state index is 12.6. The Kier molecular flexibility index (Phi) is 7.37. The van der Waals surface area contributed by atoms with E-state index < -0.39 is 0 Å². The van der Waals surface area contributed by atoms with Gasteiger partial charge in [-0.1, -0.05) is 13.8 Å². The van der Waals surface area contributed by atoms with E-state index in [1.165, 1.54) is 16.8 Å². The van der Waals surface area contributed by atoms with E-state index >= 15 is 0 Å². The van der Waals surface area contributed by atoms with Gasteiger partial charge in [0.05, 0.1) is 13.2 Å². The van der Waals surface area contributed by atoms with Crippen molar-refractivity contribution in [1.82, 2.24) is 19.2 Å². The SMILES string of the molecule is CCN(CC)CCn1ccc2cc(NC(=O)c3ccc(=O)n(CCOC)n3)ccc21. The van der Waals surface area contributed by atoms with Crippen LogP contribution in [0.1, 0.15) is 24.3 Å². The van der Waals surface area contributed by atoms with Crippen molar-refractivity contribution in [3.63, 3.8) is 0 Å². The van der Waals surface area contributed by atoms with E-state index in [2.05, 4.69) is 46.0 Å². The van der Waals surface area contributed by atoms with Gasteiger partial charge in [0.25, 0.3) is 11.5 Å². The minimum Gasteiger partial charge on any atom is -0.383 e. The van der Waals surface area contributed by atoms with Crippen LogP contribution in [0.4, 0.5) is 5.69 Å². The zero-order chi connectivity index (χ0) is 21.5. The molecular weight excluding hydrogens is 382 g/mol. The second kappa shape index (κ2) is 10.2. The smallest absolute Gasteiger partial charge is 0.276 e. The van der Waals surface area contributed by atoms with Gasteiger partial charge in [0.1, 0.15) is 5.69 Å². The molecule has 30 heavy (non-hydrogen) atoms. The van der Waals surface area contributed by atoms with Crippen LogP contribution < -0.4 is 10.9 Å². The van der Waals surface area contributed by atoms with Crippen molar-refractivity contribution in [2.75, 3.05) is 38.7 Å². The fourth-order valence-electron chi connectivity index (χ4n) is 3.36. The number of methoxy groups -OCH3 is 1. The summed E-state index contributed by atoms with van der Waals surface area (Å²) in [5, 5.41) is 8.06. The van der Waals surface area contributed by atoms with Gasteiger partial charge in [0.15, 0.2) is 0 Å². The Bertz CT molecular complexity index is 1050. The van der Waals surface area contributed by atoms with Crippen molar-refractivity contribution in [3.05, 3.63) is 58.6 Å². The van der Waals surface area contributed by atoms with Gasteiger partial charge in [-0.05, 0) is 43.4 Å². The normalized spacial score (nSPS) is 11.3. The molecule has 2 heterocycles. The largest absolute Gasteiger partial charge is 0.383 e. The van der Waals surface area contributed by atoms with E-state index in [0.717, 1.165) is 37.1 Å². The molecule has 0 bridgehead atoms. The van der Waals surface area contributed by atoms with Crippen LogP contribution >= 0.6 is 0 Å². The lowest BCUT2D eigenvalue weighted by atomic mass is 10.2. The van der Waals surface area contributed by atoms with Gasteiger partial charge in [0.2, 0.25) is 0 Å². The number of amides is 1. The second-order valence-electron chi connectivity index (χ2n) is 7.04. The predicted molar refractivity (Wildman–Crippen MR) is 118 cm³/mol. The Morgan fingerprint density at radius 3 is 2.67 bits per heavy atom. The Morgan fingerprint density at radius 2 is 1.93 bits per heavy atom. The number of nitrogens with one attached hydrogen (secondary N) is 1. The molecule has 160 valence electrons. The third-order valence-electron chi connectivity index (χ3n) is 5.19. The third-order valence-corrected chi connectivity index (χ3v) is 5.19. The molecule has 0 radical (unpaired) electrons.